The van der Waals surface area contributed by atoms with Crippen molar-refractivity contribution in [1.82, 2.24) is 4.98 Å². The smallest absolute Gasteiger partial charge is 0.347 e. The normalized spacial score (nSPS) is 22.5. The lowest BCUT2D eigenvalue weighted by Gasteiger charge is -2.08. The van der Waals surface area contributed by atoms with E-state index in [0.29, 0.717) is 12.0 Å². The molecule has 0 radical (unpaired) electrons. The van der Waals surface area contributed by atoms with Crippen molar-refractivity contribution in [1.29, 1.82) is 0 Å². The average molecular weight is 277 g/mol. The molecule has 1 fully saturated rings. The Morgan fingerprint density at radius 2 is 2.37 bits per heavy atom. The summed E-state index contributed by atoms with van der Waals surface area (Å²) in [6, 6.07) is 5.13. The molecule has 2 aromatic rings. The number of nitrogens with zero attached hydrogens (tertiary/aromatic N) is 1. The van der Waals surface area contributed by atoms with E-state index >= 15 is 0 Å². The summed E-state index contributed by atoms with van der Waals surface area (Å²) >= 11 is 1.45. The zero-order valence-corrected chi connectivity index (χ0v) is 11.0. The first-order valence-corrected chi connectivity index (χ1v) is 6.76. The van der Waals surface area contributed by atoms with Gasteiger partial charge in [0.15, 0.2) is 0 Å². The summed E-state index contributed by atoms with van der Waals surface area (Å²) in [6.45, 7) is 1.77. The third kappa shape index (κ3) is 2.31. The van der Waals surface area contributed by atoms with Crippen LogP contribution in [0.15, 0.2) is 23.7 Å². The van der Waals surface area contributed by atoms with Crippen LogP contribution < -0.4 is 0 Å². The standard InChI is InChI=1S/C13H11NO4S/c1-7-4-10(13(16)17-7)18-12(15)8-2-3-9-11(5-8)19-6-14-9/h2-3,5-7,10H,4H2,1H3/t7-,10-/m0/s1. The van der Waals surface area contributed by atoms with Gasteiger partial charge >= 0.3 is 11.9 Å². The van der Waals surface area contributed by atoms with Gasteiger partial charge in [-0.05, 0) is 25.1 Å². The molecule has 0 saturated carbocycles. The number of hydrogen-bond donors (Lipinski definition) is 0. The van der Waals surface area contributed by atoms with Gasteiger partial charge in [0.05, 0.1) is 21.3 Å². The van der Waals surface area contributed by atoms with Crippen molar-refractivity contribution in [2.75, 3.05) is 0 Å². The molecule has 0 spiro atoms. The molecular formula is C13H11NO4S. The maximum Gasteiger partial charge on any atom is 0.347 e. The van der Waals surface area contributed by atoms with E-state index in [0.717, 1.165) is 10.2 Å². The van der Waals surface area contributed by atoms with Crippen molar-refractivity contribution in [2.24, 2.45) is 0 Å². The quantitative estimate of drug-likeness (QED) is 0.787. The van der Waals surface area contributed by atoms with E-state index in [9.17, 15) is 9.59 Å². The van der Waals surface area contributed by atoms with Crippen LogP contribution in [0.2, 0.25) is 0 Å². The van der Waals surface area contributed by atoms with Crippen LogP contribution in [-0.4, -0.2) is 29.1 Å². The molecule has 0 bridgehead atoms. The van der Waals surface area contributed by atoms with Gasteiger partial charge in [-0.3, -0.25) is 0 Å². The number of thiazole rings is 1. The SMILES string of the molecule is C[C@H]1C[C@H](OC(=O)c2ccc3ncsc3c2)C(=O)O1. The van der Waals surface area contributed by atoms with E-state index in [4.69, 9.17) is 9.47 Å². The lowest BCUT2D eigenvalue weighted by molar-refractivity contribution is -0.147. The Balaban J connectivity index is 1.78. The van der Waals surface area contributed by atoms with Gasteiger partial charge in [0.2, 0.25) is 6.10 Å². The zero-order valence-electron chi connectivity index (χ0n) is 10.2. The van der Waals surface area contributed by atoms with Crippen LogP contribution in [-0.2, 0) is 14.3 Å². The lowest BCUT2D eigenvalue weighted by Crippen LogP contribution is -2.22. The average Bonchev–Trinajstić information content (AvgIpc) is 2.95. The molecule has 5 nitrogen and oxygen atoms in total. The highest BCUT2D eigenvalue weighted by Gasteiger charge is 2.35. The second kappa shape index (κ2) is 4.62. The molecule has 0 unspecified atom stereocenters. The van der Waals surface area contributed by atoms with Crippen molar-refractivity contribution in [3.63, 3.8) is 0 Å². The van der Waals surface area contributed by atoms with E-state index in [2.05, 4.69) is 4.98 Å². The predicted molar refractivity (Wildman–Crippen MR) is 69.0 cm³/mol. The highest BCUT2D eigenvalue weighted by molar-refractivity contribution is 7.16. The summed E-state index contributed by atoms with van der Waals surface area (Å²) in [4.78, 5) is 27.5. The van der Waals surface area contributed by atoms with Crippen molar-refractivity contribution < 1.29 is 19.1 Å². The first-order chi connectivity index (χ1) is 9.13. The van der Waals surface area contributed by atoms with Crippen molar-refractivity contribution in [3.05, 3.63) is 29.3 Å². The monoisotopic (exact) mass is 277 g/mol. The van der Waals surface area contributed by atoms with Gasteiger partial charge in [0.25, 0.3) is 0 Å². The van der Waals surface area contributed by atoms with E-state index in [1.807, 2.05) is 0 Å². The second-order valence-electron chi connectivity index (χ2n) is 4.41. The first-order valence-electron chi connectivity index (χ1n) is 5.88. The fourth-order valence-electron chi connectivity index (χ4n) is 2.00. The number of rotatable bonds is 2. The van der Waals surface area contributed by atoms with E-state index < -0.39 is 18.0 Å². The van der Waals surface area contributed by atoms with Gasteiger partial charge in [-0.25, -0.2) is 14.6 Å². The molecule has 1 aromatic carbocycles. The minimum atomic E-state index is -0.792. The number of ether oxygens (including phenoxy) is 2. The molecule has 19 heavy (non-hydrogen) atoms. The Bertz CT molecular complexity index is 651. The summed E-state index contributed by atoms with van der Waals surface area (Å²) < 4.78 is 11.0. The van der Waals surface area contributed by atoms with Crippen molar-refractivity contribution in [3.8, 4) is 0 Å². The van der Waals surface area contributed by atoms with Crippen LogP contribution in [0.1, 0.15) is 23.7 Å². The van der Waals surface area contributed by atoms with Crippen LogP contribution in [0.3, 0.4) is 0 Å². The largest absolute Gasteiger partial charge is 0.460 e. The van der Waals surface area contributed by atoms with Crippen molar-refractivity contribution >= 4 is 33.5 Å². The number of cyclic esters (lactones) is 1. The molecule has 6 heteroatoms. The van der Waals surface area contributed by atoms with Gasteiger partial charge in [-0.2, -0.15) is 0 Å². The number of esters is 2. The molecule has 1 aliphatic rings. The van der Waals surface area contributed by atoms with Crippen LogP contribution in [0, 0.1) is 0 Å². The molecule has 1 aliphatic heterocycles. The van der Waals surface area contributed by atoms with Gasteiger partial charge in [-0.15, -0.1) is 11.3 Å². The summed E-state index contributed by atoms with van der Waals surface area (Å²) in [5.74, 6) is -0.980. The number of aromatic nitrogens is 1. The Kier molecular flexibility index (Phi) is 2.94. The zero-order chi connectivity index (χ0) is 13.4. The maximum absolute atomic E-state index is 12.0. The highest BCUT2D eigenvalue weighted by atomic mass is 32.1. The summed E-state index contributed by atoms with van der Waals surface area (Å²) in [5, 5.41) is 0. The Morgan fingerprint density at radius 1 is 1.53 bits per heavy atom. The fourth-order valence-corrected chi connectivity index (χ4v) is 2.71. The molecule has 1 aromatic heterocycles. The summed E-state index contributed by atoms with van der Waals surface area (Å²) in [6.07, 6.45) is -0.582. The third-order valence-electron chi connectivity index (χ3n) is 2.94. The van der Waals surface area contributed by atoms with E-state index in [1.54, 1.807) is 30.6 Å². The molecular weight excluding hydrogens is 266 g/mol. The minimum Gasteiger partial charge on any atom is -0.460 e. The summed E-state index contributed by atoms with van der Waals surface area (Å²) in [7, 11) is 0. The van der Waals surface area contributed by atoms with Crippen LogP contribution in [0.4, 0.5) is 0 Å². The molecule has 3 rings (SSSR count). The topological polar surface area (TPSA) is 65.5 Å². The fraction of sp³-hybridized carbons (Fsp3) is 0.308. The molecule has 98 valence electrons. The number of fused-ring (bicyclic) bond motifs is 1. The Labute approximate surface area is 113 Å². The summed E-state index contributed by atoms with van der Waals surface area (Å²) in [5.41, 5.74) is 2.98. The molecule has 2 heterocycles. The van der Waals surface area contributed by atoms with E-state index in [1.165, 1.54) is 11.3 Å². The van der Waals surface area contributed by atoms with Crippen molar-refractivity contribution in [2.45, 2.75) is 25.6 Å². The van der Waals surface area contributed by atoms with Gasteiger partial charge in [0, 0.05) is 6.42 Å². The lowest BCUT2D eigenvalue weighted by atomic mass is 10.2. The van der Waals surface area contributed by atoms with E-state index in [-0.39, 0.29) is 6.10 Å². The molecule has 1 saturated heterocycles. The minimum absolute atomic E-state index is 0.200. The van der Waals surface area contributed by atoms with Crippen LogP contribution in [0.5, 0.6) is 0 Å². The Morgan fingerprint density at radius 3 is 3.11 bits per heavy atom. The second-order valence-corrected chi connectivity index (χ2v) is 5.30. The third-order valence-corrected chi connectivity index (χ3v) is 3.73. The maximum atomic E-state index is 12.0. The molecule has 0 N–H and O–H groups in total. The van der Waals surface area contributed by atoms with Crippen LogP contribution >= 0.6 is 11.3 Å². The number of benzene rings is 1. The predicted octanol–water partition coefficient (Wildman–Crippen LogP) is 2.16. The number of hydrogen-bond acceptors (Lipinski definition) is 6. The number of carbonyl (C=O) groups is 2. The first kappa shape index (κ1) is 12.1. The molecule has 2 atom stereocenters. The molecule has 0 amide bonds. The number of carbonyl (C=O) groups excluding carboxylic acids is 2. The van der Waals surface area contributed by atoms with Gasteiger partial charge < -0.3 is 9.47 Å². The van der Waals surface area contributed by atoms with Gasteiger partial charge in [0.1, 0.15) is 6.10 Å². The van der Waals surface area contributed by atoms with Crippen LogP contribution in [0.25, 0.3) is 10.2 Å². The molecule has 0 aliphatic carbocycles. The van der Waals surface area contributed by atoms with Gasteiger partial charge in [-0.1, -0.05) is 0 Å². The highest BCUT2D eigenvalue weighted by Crippen LogP contribution is 2.22. The Hall–Kier alpha value is -1.95.